The molecule has 0 saturated carbocycles. The standard InChI is InChI=1S/C27H30IN3O4S/c1-4-25(27(33)29-3)30(18-21-12-10-20(2)11-13-21)26(32)19-31(23-16-14-22(28)15-17-23)36(34,35)24-8-6-5-7-9-24/h5-17,25H,4,18-19H2,1-3H3,(H,29,33). The van der Waals surface area contributed by atoms with Gasteiger partial charge in [0.25, 0.3) is 10.0 Å². The second-order valence-electron chi connectivity index (χ2n) is 8.35. The van der Waals surface area contributed by atoms with Gasteiger partial charge in [0.15, 0.2) is 0 Å². The third kappa shape index (κ3) is 6.64. The van der Waals surface area contributed by atoms with Crippen LogP contribution in [0.5, 0.6) is 0 Å². The number of carbonyl (C=O) groups excluding carboxylic acids is 2. The van der Waals surface area contributed by atoms with Crippen LogP contribution in [0.25, 0.3) is 0 Å². The summed E-state index contributed by atoms with van der Waals surface area (Å²) in [4.78, 5) is 28.1. The number of aryl methyl sites for hydroxylation is 1. The Morgan fingerprint density at radius 2 is 1.56 bits per heavy atom. The summed E-state index contributed by atoms with van der Waals surface area (Å²) in [5.41, 5.74) is 2.30. The van der Waals surface area contributed by atoms with Crippen LogP contribution in [-0.2, 0) is 26.2 Å². The molecule has 0 saturated heterocycles. The molecule has 3 aromatic rings. The summed E-state index contributed by atoms with van der Waals surface area (Å²) >= 11 is 2.14. The fourth-order valence-electron chi connectivity index (χ4n) is 3.83. The molecule has 0 radical (unpaired) electrons. The molecule has 1 N–H and O–H groups in total. The van der Waals surface area contributed by atoms with Crippen molar-refractivity contribution in [2.75, 3.05) is 17.9 Å². The highest BCUT2D eigenvalue weighted by Gasteiger charge is 2.33. The van der Waals surface area contributed by atoms with E-state index in [-0.39, 0.29) is 17.3 Å². The van der Waals surface area contributed by atoms with Gasteiger partial charge in [-0.25, -0.2) is 8.42 Å². The number of rotatable bonds is 10. The fourth-order valence-corrected chi connectivity index (χ4v) is 5.63. The Balaban J connectivity index is 2.03. The first-order chi connectivity index (χ1) is 17.2. The molecule has 3 rings (SSSR count). The third-order valence-corrected chi connectivity index (χ3v) is 8.34. The van der Waals surface area contributed by atoms with E-state index in [9.17, 15) is 18.0 Å². The summed E-state index contributed by atoms with van der Waals surface area (Å²) in [6.07, 6.45) is 0.381. The van der Waals surface area contributed by atoms with E-state index < -0.39 is 28.5 Å². The Kier molecular flexibility index (Phi) is 9.49. The van der Waals surface area contributed by atoms with Crippen LogP contribution < -0.4 is 9.62 Å². The predicted octanol–water partition coefficient (Wildman–Crippen LogP) is 4.35. The highest BCUT2D eigenvalue weighted by Crippen LogP contribution is 2.25. The number of nitrogens with zero attached hydrogens (tertiary/aromatic N) is 2. The summed E-state index contributed by atoms with van der Waals surface area (Å²) in [6, 6.07) is 21.9. The first-order valence-corrected chi connectivity index (χ1v) is 14.1. The zero-order valence-electron chi connectivity index (χ0n) is 20.5. The number of likely N-dealkylation sites (N-methyl/N-ethyl adjacent to an activating group) is 1. The first kappa shape index (κ1) is 27.7. The monoisotopic (exact) mass is 619 g/mol. The van der Waals surface area contributed by atoms with Crippen LogP contribution in [0.1, 0.15) is 24.5 Å². The molecular weight excluding hydrogens is 589 g/mol. The van der Waals surface area contributed by atoms with E-state index in [1.165, 1.54) is 24.1 Å². The largest absolute Gasteiger partial charge is 0.357 e. The van der Waals surface area contributed by atoms with Crippen LogP contribution in [0.4, 0.5) is 5.69 Å². The minimum absolute atomic E-state index is 0.0831. The molecule has 0 spiro atoms. The van der Waals surface area contributed by atoms with E-state index in [1.54, 1.807) is 42.5 Å². The van der Waals surface area contributed by atoms with Crippen molar-refractivity contribution < 1.29 is 18.0 Å². The minimum atomic E-state index is -4.05. The number of halogens is 1. The van der Waals surface area contributed by atoms with Crippen molar-refractivity contribution in [1.29, 1.82) is 0 Å². The Morgan fingerprint density at radius 3 is 2.11 bits per heavy atom. The highest BCUT2D eigenvalue weighted by molar-refractivity contribution is 14.1. The third-order valence-electron chi connectivity index (χ3n) is 5.83. The number of hydrogen-bond donors (Lipinski definition) is 1. The minimum Gasteiger partial charge on any atom is -0.357 e. The molecule has 1 unspecified atom stereocenters. The van der Waals surface area contributed by atoms with Crippen molar-refractivity contribution >= 4 is 50.1 Å². The van der Waals surface area contributed by atoms with Crippen LogP contribution >= 0.6 is 22.6 Å². The average Bonchev–Trinajstić information content (AvgIpc) is 2.89. The van der Waals surface area contributed by atoms with Crippen molar-refractivity contribution in [2.24, 2.45) is 0 Å². The molecule has 0 heterocycles. The molecule has 0 aliphatic rings. The van der Waals surface area contributed by atoms with E-state index in [4.69, 9.17) is 0 Å². The quantitative estimate of drug-likeness (QED) is 0.342. The summed E-state index contributed by atoms with van der Waals surface area (Å²) < 4.78 is 29.4. The second-order valence-corrected chi connectivity index (χ2v) is 11.5. The van der Waals surface area contributed by atoms with E-state index in [0.717, 1.165) is 19.0 Å². The van der Waals surface area contributed by atoms with Gasteiger partial charge in [-0.05, 0) is 77.9 Å². The average molecular weight is 620 g/mol. The van der Waals surface area contributed by atoms with Gasteiger partial charge in [-0.1, -0.05) is 55.0 Å². The Hall–Kier alpha value is -2.92. The maximum atomic E-state index is 13.8. The molecule has 0 aromatic heterocycles. The van der Waals surface area contributed by atoms with Crippen molar-refractivity contribution in [3.8, 4) is 0 Å². The number of sulfonamides is 1. The predicted molar refractivity (Wildman–Crippen MR) is 150 cm³/mol. The summed E-state index contributed by atoms with van der Waals surface area (Å²) in [5.74, 6) is -0.770. The molecule has 9 heteroatoms. The maximum absolute atomic E-state index is 13.8. The van der Waals surface area contributed by atoms with Crippen molar-refractivity contribution in [3.63, 3.8) is 0 Å². The molecule has 1 atom stereocenters. The smallest absolute Gasteiger partial charge is 0.264 e. The van der Waals surface area contributed by atoms with Gasteiger partial charge in [-0.3, -0.25) is 13.9 Å². The van der Waals surface area contributed by atoms with Gasteiger partial charge in [0.2, 0.25) is 11.8 Å². The lowest BCUT2D eigenvalue weighted by atomic mass is 10.1. The van der Waals surface area contributed by atoms with Crippen molar-refractivity contribution in [3.05, 3.63) is 93.6 Å². The lowest BCUT2D eigenvalue weighted by molar-refractivity contribution is -0.140. The number of hydrogen-bond acceptors (Lipinski definition) is 4. The normalized spacial score (nSPS) is 12.0. The van der Waals surface area contributed by atoms with Crippen LogP contribution in [0, 0.1) is 10.5 Å². The molecule has 0 aliphatic heterocycles. The van der Waals surface area contributed by atoms with Crippen molar-refractivity contribution in [1.82, 2.24) is 10.2 Å². The fraction of sp³-hybridized carbons (Fsp3) is 0.259. The van der Waals surface area contributed by atoms with Crippen molar-refractivity contribution in [2.45, 2.75) is 37.8 Å². The van der Waals surface area contributed by atoms with Gasteiger partial charge in [0.1, 0.15) is 12.6 Å². The molecule has 190 valence electrons. The van der Waals surface area contributed by atoms with Crippen LogP contribution in [0.3, 0.4) is 0 Å². The second kappa shape index (κ2) is 12.4. The van der Waals surface area contributed by atoms with E-state index in [1.807, 2.05) is 38.1 Å². The number of amides is 2. The zero-order valence-corrected chi connectivity index (χ0v) is 23.5. The summed E-state index contributed by atoms with van der Waals surface area (Å²) in [6.45, 7) is 3.53. The molecule has 2 amide bonds. The van der Waals surface area contributed by atoms with Gasteiger partial charge in [-0.15, -0.1) is 0 Å². The highest BCUT2D eigenvalue weighted by atomic mass is 127. The molecule has 36 heavy (non-hydrogen) atoms. The SMILES string of the molecule is CCC(C(=O)NC)N(Cc1ccc(C)cc1)C(=O)CN(c1ccc(I)cc1)S(=O)(=O)c1ccccc1. The molecule has 0 bridgehead atoms. The number of benzene rings is 3. The zero-order chi connectivity index (χ0) is 26.3. The van der Waals surface area contributed by atoms with E-state index >= 15 is 0 Å². The van der Waals surface area contributed by atoms with Gasteiger partial charge >= 0.3 is 0 Å². The van der Waals surface area contributed by atoms with Crippen LogP contribution in [-0.4, -0.2) is 44.8 Å². The van der Waals surface area contributed by atoms with Gasteiger partial charge in [-0.2, -0.15) is 0 Å². The molecule has 3 aromatic carbocycles. The molecule has 7 nitrogen and oxygen atoms in total. The Morgan fingerprint density at radius 1 is 0.944 bits per heavy atom. The molecule has 0 fully saturated rings. The maximum Gasteiger partial charge on any atom is 0.264 e. The number of carbonyl (C=O) groups is 2. The number of anilines is 1. The lowest BCUT2D eigenvalue weighted by Crippen LogP contribution is -2.51. The summed E-state index contributed by atoms with van der Waals surface area (Å²) in [7, 11) is -2.52. The topological polar surface area (TPSA) is 86.8 Å². The lowest BCUT2D eigenvalue weighted by Gasteiger charge is -2.33. The van der Waals surface area contributed by atoms with Gasteiger partial charge < -0.3 is 10.2 Å². The Bertz CT molecular complexity index is 1280. The molecule has 0 aliphatic carbocycles. The van der Waals surface area contributed by atoms with E-state index in [2.05, 4.69) is 27.9 Å². The van der Waals surface area contributed by atoms with Gasteiger partial charge in [0, 0.05) is 17.2 Å². The van der Waals surface area contributed by atoms with Gasteiger partial charge in [0.05, 0.1) is 10.6 Å². The molecular formula is C27H30IN3O4S. The van der Waals surface area contributed by atoms with Crippen LogP contribution in [0.15, 0.2) is 83.8 Å². The summed E-state index contributed by atoms with van der Waals surface area (Å²) in [5, 5.41) is 2.63. The number of nitrogens with one attached hydrogen (secondary N) is 1. The van der Waals surface area contributed by atoms with Crippen LogP contribution in [0.2, 0.25) is 0 Å². The first-order valence-electron chi connectivity index (χ1n) is 11.6. The van der Waals surface area contributed by atoms with E-state index in [0.29, 0.717) is 12.1 Å². The Labute approximate surface area is 226 Å².